The summed E-state index contributed by atoms with van der Waals surface area (Å²) in [5.41, 5.74) is 6.11. The Morgan fingerprint density at radius 2 is 1.02 bits per heavy atom. The molecule has 0 aliphatic heterocycles. The van der Waals surface area contributed by atoms with Crippen molar-refractivity contribution in [2.75, 3.05) is 41.3 Å². The quantitative estimate of drug-likeness (QED) is 0.0407. The van der Waals surface area contributed by atoms with E-state index in [1.165, 1.54) is 46.3 Å². The normalized spacial score (nSPS) is 10.3. The van der Waals surface area contributed by atoms with Gasteiger partial charge in [0.1, 0.15) is 0 Å². The zero-order valence-corrected chi connectivity index (χ0v) is 32.4. The molecule has 0 unspecified atom stereocenters. The van der Waals surface area contributed by atoms with Crippen molar-refractivity contribution in [3.63, 3.8) is 0 Å². The number of hydrogen-bond acceptors (Lipinski definition) is 11. The van der Waals surface area contributed by atoms with Crippen molar-refractivity contribution in [3.05, 3.63) is 129 Å². The molecule has 56 heavy (non-hydrogen) atoms. The molecule has 0 bridgehead atoms. The van der Waals surface area contributed by atoms with E-state index >= 15 is 0 Å². The van der Waals surface area contributed by atoms with Crippen LogP contribution in [0.15, 0.2) is 73.8 Å². The minimum atomic E-state index is -1.12. The number of hydrogen-bond donors (Lipinski definition) is 1. The van der Waals surface area contributed by atoms with Crippen molar-refractivity contribution >= 4 is 47.6 Å². The molecule has 4 rings (SSSR count). The SMILES string of the molecule is C=Cc1cc(C(=O)O)c(-c2ccc(C(C)=O)cc2C(=O)OC)cc1C.C=Cc1cc(C(=O)OCOCCOC)c(-c2ccc(C(C)=O)cc2C(=O)OC)cc1C. The highest BCUT2D eigenvalue weighted by molar-refractivity contribution is 6.07. The van der Waals surface area contributed by atoms with Crippen molar-refractivity contribution in [2.24, 2.45) is 0 Å². The number of ether oxygens (including phenoxy) is 5. The average Bonchev–Trinajstić information content (AvgIpc) is 3.19. The van der Waals surface area contributed by atoms with Crippen LogP contribution in [0.3, 0.4) is 0 Å². The summed E-state index contributed by atoms with van der Waals surface area (Å²) in [5.74, 6) is -3.40. The van der Waals surface area contributed by atoms with Gasteiger partial charge in [-0.05, 0) is 109 Å². The molecule has 0 aliphatic rings. The number of carboxylic acid groups (broad SMARTS) is 1. The molecule has 0 fully saturated rings. The summed E-state index contributed by atoms with van der Waals surface area (Å²) in [6.45, 7) is 14.4. The third-order valence-electron chi connectivity index (χ3n) is 8.65. The molecule has 0 atom stereocenters. The van der Waals surface area contributed by atoms with Gasteiger partial charge in [-0.3, -0.25) is 9.59 Å². The van der Waals surface area contributed by atoms with E-state index in [1.54, 1.807) is 61.7 Å². The molecule has 292 valence electrons. The number of benzene rings is 4. The molecule has 0 aromatic heterocycles. The topological polar surface area (TPSA) is 169 Å². The van der Waals surface area contributed by atoms with Crippen LogP contribution < -0.4 is 0 Å². The Labute approximate surface area is 325 Å². The average molecular weight is 765 g/mol. The number of esters is 3. The number of methoxy groups -OCH3 is 3. The van der Waals surface area contributed by atoms with Crippen molar-refractivity contribution in [1.29, 1.82) is 0 Å². The van der Waals surface area contributed by atoms with E-state index in [0.29, 0.717) is 45.6 Å². The molecule has 12 heteroatoms. The van der Waals surface area contributed by atoms with Crippen molar-refractivity contribution in [3.8, 4) is 22.3 Å². The molecule has 0 heterocycles. The number of carbonyl (C=O) groups excluding carboxylic acids is 5. The molecule has 0 saturated heterocycles. The lowest BCUT2D eigenvalue weighted by Crippen LogP contribution is -2.13. The maximum absolute atomic E-state index is 12.8. The largest absolute Gasteiger partial charge is 0.478 e. The molecular formula is C44H44O12. The van der Waals surface area contributed by atoms with Gasteiger partial charge in [0.25, 0.3) is 0 Å². The predicted molar refractivity (Wildman–Crippen MR) is 211 cm³/mol. The van der Waals surface area contributed by atoms with Crippen LogP contribution in [-0.4, -0.2) is 81.9 Å². The maximum atomic E-state index is 12.8. The monoisotopic (exact) mass is 764 g/mol. The fraction of sp³-hybridized carbons (Fsp3) is 0.227. The Bertz CT molecular complexity index is 2190. The van der Waals surface area contributed by atoms with Gasteiger partial charge in [-0.1, -0.05) is 49.6 Å². The van der Waals surface area contributed by atoms with Gasteiger partial charge in [0.05, 0.1) is 49.7 Å². The first-order valence-electron chi connectivity index (χ1n) is 17.1. The summed E-state index contributed by atoms with van der Waals surface area (Å²) in [5, 5.41) is 9.56. The second-order valence-electron chi connectivity index (χ2n) is 12.3. The van der Waals surface area contributed by atoms with Crippen LogP contribution in [0.5, 0.6) is 0 Å². The summed E-state index contributed by atoms with van der Waals surface area (Å²) < 4.78 is 25.0. The van der Waals surface area contributed by atoms with Gasteiger partial charge in [-0.25, -0.2) is 19.2 Å². The lowest BCUT2D eigenvalue weighted by molar-refractivity contribution is -0.0435. The first-order chi connectivity index (χ1) is 26.6. The smallest absolute Gasteiger partial charge is 0.340 e. The van der Waals surface area contributed by atoms with Crippen LogP contribution in [-0.2, 0) is 23.7 Å². The van der Waals surface area contributed by atoms with E-state index < -0.39 is 23.9 Å². The molecule has 12 nitrogen and oxygen atoms in total. The predicted octanol–water partition coefficient (Wildman–Crippen LogP) is 8.06. The van der Waals surface area contributed by atoms with Crippen LogP contribution in [0.25, 0.3) is 34.4 Å². The fourth-order valence-electron chi connectivity index (χ4n) is 5.61. The van der Waals surface area contributed by atoms with Crippen LogP contribution >= 0.6 is 0 Å². The minimum absolute atomic E-state index is 0.0428. The number of aromatic carboxylic acids is 1. The molecule has 0 amide bonds. The van der Waals surface area contributed by atoms with Gasteiger partial charge >= 0.3 is 23.9 Å². The molecule has 4 aromatic rings. The van der Waals surface area contributed by atoms with E-state index in [1.807, 2.05) is 13.8 Å². The summed E-state index contributed by atoms with van der Waals surface area (Å²) in [6.07, 6.45) is 3.21. The molecule has 0 aliphatic carbocycles. The molecule has 1 N–H and O–H groups in total. The Morgan fingerprint density at radius 1 is 0.589 bits per heavy atom. The van der Waals surface area contributed by atoms with Crippen molar-refractivity contribution in [2.45, 2.75) is 27.7 Å². The van der Waals surface area contributed by atoms with Gasteiger partial charge in [0.15, 0.2) is 18.4 Å². The van der Waals surface area contributed by atoms with Gasteiger partial charge in [-0.2, -0.15) is 0 Å². The van der Waals surface area contributed by atoms with E-state index in [2.05, 4.69) is 13.2 Å². The minimum Gasteiger partial charge on any atom is -0.478 e. The van der Waals surface area contributed by atoms with E-state index in [0.717, 1.165) is 16.7 Å². The number of carboxylic acids is 1. The van der Waals surface area contributed by atoms with Gasteiger partial charge in [-0.15, -0.1) is 0 Å². The zero-order chi connectivity index (χ0) is 41.7. The lowest BCUT2D eigenvalue weighted by atomic mass is 9.90. The highest BCUT2D eigenvalue weighted by atomic mass is 16.7. The van der Waals surface area contributed by atoms with Crippen molar-refractivity contribution in [1.82, 2.24) is 0 Å². The van der Waals surface area contributed by atoms with Crippen LogP contribution in [0.2, 0.25) is 0 Å². The summed E-state index contributed by atoms with van der Waals surface area (Å²) in [4.78, 5) is 72.6. The summed E-state index contributed by atoms with van der Waals surface area (Å²) >= 11 is 0. The number of rotatable bonds is 15. The third kappa shape index (κ3) is 10.6. The van der Waals surface area contributed by atoms with E-state index in [4.69, 9.17) is 23.7 Å². The Morgan fingerprint density at radius 3 is 1.41 bits per heavy atom. The number of carbonyl (C=O) groups is 6. The van der Waals surface area contributed by atoms with E-state index in [9.17, 15) is 33.9 Å². The standard InChI is InChI=1S/C24H26O7.C20H18O5/c1-6-17-12-22(24(27)31-14-30-10-9-28-4)20(11-15(17)2)19-8-7-18(16(3)25)13-21(19)23(26)29-5;1-5-13-9-17(19(22)23)16(8-11(13)2)15-7-6-14(12(3)21)10-18(15)20(24)25-4/h6-8,11-13H,1,9-10,14H2,2-5H3;5-10H,1H2,2-4H3,(H,22,23). The first kappa shape index (κ1) is 43.9. The fourth-order valence-corrected chi connectivity index (χ4v) is 5.61. The highest BCUT2D eigenvalue weighted by Crippen LogP contribution is 2.33. The van der Waals surface area contributed by atoms with E-state index in [-0.39, 0.29) is 47.2 Å². The van der Waals surface area contributed by atoms with Crippen LogP contribution in [0.4, 0.5) is 0 Å². The number of ketones is 2. The van der Waals surface area contributed by atoms with Crippen LogP contribution in [0.1, 0.15) is 98.2 Å². The molecule has 4 aromatic carbocycles. The third-order valence-corrected chi connectivity index (χ3v) is 8.65. The zero-order valence-electron chi connectivity index (χ0n) is 32.4. The molecule has 0 saturated carbocycles. The van der Waals surface area contributed by atoms with Gasteiger partial charge in [0.2, 0.25) is 0 Å². The van der Waals surface area contributed by atoms with Crippen molar-refractivity contribution < 1.29 is 57.6 Å². The molecular weight excluding hydrogens is 720 g/mol. The maximum Gasteiger partial charge on any atom is 0.340 e. The highest BCUT2D eigenvalue weighted by Gasteiger charge is 2.23. The second-order valence-corrected chi connectivity index (χ2v) is 12.3. The molecule has 0 spiro atoms. The Kier molecular flexibility index (Phi) is 15.9. The number of aryl methyl sites for hydroxylation is 2. The summed E-state index contributed by atoms with van der Waals surface area (Å²) in [7, 11) is 4.03. The van der Waals surface area contributed by atoms with Crippen LogP contribution in [0, 0.1) is 13.8 Å². The molecule has 0 radical (unpaired) electrons. The first-order valence-corrected chi connectivity index (χ1v) is 17.1. The summed E-state index contributed by atoms with van der Waals surface area (Å²) in [6, 6.07) is 15.9. The Balaban J connectivity index is 0.000000307. The van der Waals surface area contributed by atoms with Gasteiger partial charge < -0.3 is 28.8 Å². The Hall–Kier alpha value is -6.50. The second kappa shape index (κ2) is 20.3. The van der Waals surface area contributed by atoms with Gasteiger partial charge in [0, 0.05) is 18.2 Å². The number of Topliss-reactive ketones (excluding diaryl/α,β-unsaturated/α-hetero) is 2. The lowest BCUT2D eigenvalue weighted by Gasteiger charge is -2.16.